The Morgan fingerprint density at radius 3 is 3.06 bits per heavy atom. The van der Waals surface area contributed by atoms with Gasteiger partial charge >= 0.3 is 0 Å². The number of nitrogens with zero attached hydrogens (tertiary/aromatic N) is 3. The Labute approximate surface area is 104 Å². The first-order valence-corrected chi connectivity index (χ1v) is 6.53. The first-order chi connectivity index (χ1) is 8.13. The normalized spacial score (nSPS) is 25.4. The molecule has 1 aliphatic heterocycles. The van der Waals surface area contributed by atoms with Crippen molar-refractivity contribution in [3.05, 3.63) is 18.0 Å². The van der Waals surface area contributed by atoms with Crippen molar-refractivity contribution in [2.45, 2.75) is 32.4 Å². The number of nitrogens with one attached hydrogen (secondary N) is 1. The fraction of sp³-hybridized carbons (Fsp3) is 0.769. The van der Waals surface area contributed by atoms with Crippen molar-refractivity contribution >= 4 is 0 Å². The Morgan fingerprint density at radius 1 is 1.59 bits per heavy atom. The molecule has 2 rings (SSSR count). The topological polar surface area (TPSA) is 33.1 Å². The average Bonchev–Trinajstić information content (AvgIpc) is 2.63. The number of rotatable bonds is 4. The Morgan fingerprint density at radius 2 is 2.41 bits per heavy atom. The van der Waals surface area contributed by atoms with E-state index < -0.39 is 0 Å². The summed E-state index contributed by atoms with van der Waals surface area (Å²) in [6.07, 6.45) is 6.67. The van der Waals surface area contributed by atoms with Gasteiger partial charge in [0.2, 0.25) is 0 Å². The molecule has 0 spiro atoms. The van der Waals surface area contributed by atoms with Crippen LogP contribution in [0, 0.1) is 5.92 Å². The molecule has 2 unspecified atom stereocenters. The Kier molecular flexibility index (Phi) is 4.18. The van der Waals surface area contributed by atoms with Gasteiger partial charge in [-0.2, -0.15) is 5.10 Å². The van der Waals surface area contributed by atoms with Crippen molar-refractivity contribution in [1.82, 2.24) is 20.0 Å². The fourth-order valence-corrected chi connectivity index (χ4v) is 2.77. The number of aromatic nitrogens is 2. The number of piperidine rings is 1. The van der Waals surface area contributed by atoms with Gasteiger partial charge in [0.05, 0.1) is 6.20 Å². The summed E-state index contributed by atoms with van der Waals surface area (Å²) in [6.45, 7) is 5.66. The number of hydrogen-bond acceptors (Lipinski definition) is 3. The van der Waals surface area contributed by atoms with E-state index in [9.17, 15) is 0 Å². The smallest absolute Gasteiger partial charge is 0.0534 e. The van der Waals surface area contributed by atoms with E-state index in [1.54, 1.807) is 0 Å². The van der Waals surface area contributed by atoms with Crippen molar-refractivity contribution in [1.29, 1.82) is 0 Å². The molecule has 1 aromatic rings. The van der Waals surface area contributed by atoms with E-state index in [4.69, 9.17) is 0 Å². The van der Waals surface area contributed by atoms with E-state index in [1.807, 2.05) is 17.9 Å². The van der Waals surface area contributed by atoms with Gasteiger partial charge in [-0.15, -0.1) is 0 Å². The highest BCUT2D eigenvalue weighted by atomic mass is 15.2. The van der Waals surface area contributed by atoms with Crippen molar-refractivity contribution in [2.75, 3.05) is 20.1 Å². The SMILES string of the molecule is CC1CC(CN(C)Cc2cnn(C)c2)CCN1. The summed E-state index contributed by atoms with van der Waals surface area (Å²) in [5.74, 6) is 0.841. The molecule has 0 radical (unpaired) electrons. The Hall–Kier alpha value is -0.870. The van der Waals surface area contributed by atoms with Gasteiger partial charge in [0.1, 0.15) is 0 Å². The van der Waals surface area contributed by atoms with Crippen LogP contribution in [-0.2, 0) is 13.6 Å². The van der Waals surface area contributed by atoms with E-state index in [1.165, 1.54) is 31.5 Å². The standard InChI is InChI=1S/C13H24N4/c1-11-6-12(4-5-14-11)8-16(2)9-13-7-15-17(3)10-13/h7,10-12,14H,4-6,8-9H2,1-3H3. The summed E-state index contributed by atoms with van der Waals surface area (Å²) >= 11 is 0. The summed E-state index contributed by atoms with van der Waals surface area (Å²) in [7, 11) is 4.18. The molecule has 4 nitrogen and oxygen atoms in total. The van der Waals surface area contributed by atoms with E-state index >= 15 is 0 Å². The quantitative estimate of drug-likeness (QED) is 0.854. The van der Waals surface area contributed by atoms with E-state index in [-0.39, 0.29) is 0 Å². The predicted octanol–water partition coefficient (Wildman–Crippen LogP) is 1.24. The van der Waals surface area contributed by atoms with Crippen molar-refractivity contribution in [3.8, 4) is 0 Å². The van der Waals surface area contributed by atoms with Crippen molar-refractivity contribution in [3.63, 3.8) is 0 Å². The van der Waals surface area contributed by atoms with Crippen LogP contribution in [0.5, 0.6) is 0 Å². The largest absolute Gasteiger partial charge is 0.314 e. The first kappa shape index (κ1) is 12.6. The number of hydrogen-bond donors (Lipinski definition) is 1. The average molecular weight is 236 g/mol. The van der Waals surface area contributed by atoms with Crippen molar-refractivity contribution < 1.29 is 0 Å². The van der Waals surface area contributed by atoms with Crippen LogP contribution in [0.3, 0.4) is 0 Å². The van der Waals surface area contributed by atoms with Gasteiger partial charge in [-0.3, -0.25) is 4.68 Å². The second-order valence-electron chi connectivity index (χ2n) is 5.46. The van der Waals surface area contributed by atoms with Crippen molar-refractivity contribution in [2.24, 2.45) is 13.0 Å². The molecule has 1 fully saturated rings. The lowest BCUT2D eigenvalue weighted by Crippen LogP contribution is -2.39. The van der Waals surface area contributed by atoms with Gasteiger partial charge in [-0.25, -0.2) is 0 Å². The number of aryl methyl sites for hydroxylation is 1. The zero-order valence-electron chi connectivity index (χ0n) is 11.2. The molecule has 17 heavy (non-hydrogen) atoms. The van der Waals surface area contributed by atoms with Crippen LogP contribution in [-0.4, -0.2) is 40.9 Å². The Bertz CT molecular complexity index is 347. The van der Waals surface area contributed by atoms with Crippen LogP contribution in [0.15, 0.2) is 12.4 Å². The first-order valence-electron chi connectivity index (χ1n) is 6.53. The highest BCUT2D eigenvalue weighted by Crippen LogP contribution is 2.17. The minimum absolute atomic E-state index is 0.681. The molecule has 0 saturated carbocycles. The summed E-state index contributed by atoms with van der Waals surface area (Å²) in [5, 5.41) is 7.71. The molecular formula is C13H24N4. The van der Waals surface area contributed by atoms with Gasteiger partial charge in [-0.1, -0.05) is 0 Å². The lowest BCUT2D eigenvalue weighted by Gasteiger charge is -2.31. The maximum Gasteiger partial charge on any atom is 0.0534 e. The molecule has 96 valence electrons. The van der Waals surface area contributed by atoms with Crippen LogP contribution in [0.4, 0.5) is 0 Å². The third-order valence-corrected chi connectivity index (χ3v) is 3.51. The maximum atomic E-state index is 4.21. The molecule has 0 bridgehead atoms. The van der Waals surface area contributed by atoms with Gasteiger partial charge in [0.15, 0.2) is 0 Å². The molecule has 1 aromatic heterocycles. The summed E-state index contributed by atoms with van der Waals surface area (Å²) in [4.78, 5) is 2.42. The highest BCUT2D eigenvalue weighted by Gasteiger charge is 2.19. The summed E-state index contributed by atoms with van der Waals surface area (Å²) in [6, 6.07) is 0.681. The molecule has 4 heteroatoms. The van der Waals surface area contributed by atoms with E-state index in [0.717, 1.165) is 12.5 Å². The zero-order valence-corrected chi connectivity index (χ0v) is 11.2. The van der Waals surface area contributed by atoms with E-state index in [2.05, 4.69) is 35.5 Å². The third kappa shape index (κ3) is 3.82. The van der Waals surface area contributed by atoms with Crippen LogP contribution in [0.2, 0.25) is 0 Å². The van der Waals surface area contributed by atoms with Crippen LogP contribution < -0.4 is 5.32 Å². The molecule has 0 amide bonds. The molecule has 2 atom stereocenters. The predicted molar refractivity (Wildman–Crippen MR) is 69.7 cm³/mol. The minimum Gasteiger partial charge on any atom is -0.314 e. The van der Waals surface area contributed by atoms with Crippen LogP contribution in [0.25, 0.3) is 0 Å². The molecular weight excluding hydrogens is 212 g/mol. The molecule has 1 aliphatic rings. The molecule has 0 aromatic carbocycles. The maximum absolute atomic E-state index is 4.21. The third-order valence-electron chi connectivity index (χ3n) is 3.51. The minimum atomic E-state index is 0.681. The van der Waals surface area contributed by atoms with E-state index in [0.29, 0.717) is 6.04 Å². The summed E-state index contributed by atoms with van der Waals surface area (Å²) in [5.41, 5.74) is 1.30. The van der Waals surface area contributed by atoms with Crippen LogP contribution >= 0.6 is 0 Å². The van der Waals surface area contributed by atoms with Gasteiger partial charge < -0.3 is 10.2 Å². The van der Waals surface area contributed by atoms with Gasteiger partial charge in [0, 0.05) is 37.9 Å². The lowest BCUT2D eigenvalue weighted by molar-refractivity contribution is 0.215. The zero-order chi connectivity index (χ0) is 12.3. The van der Waals surface area contributed by atoms with Crippen LogP contribution in [0.1, 0.15) is 25.3 Å². The highest BCUT2D eigenvalue weighted by molar-refractivity contribution is 5.03. The second-order valence-corrected chi connectivity index (χ2v) is 5.46. The molecule has 1 N–H and O–H groups in total. The monoisotopic (exact) mass is 236 g/mol. The molecule has 1 saturated heterocycles. The summed E-state index contributed by atoms with van der Waals surface area (Å²) < 4.78 is 1.87. The lowest BCUT2D eigenvalue weighted by atomic mass is 9.93. The second kappa shape index (κ2) is 5.65. The Balaban J connectivity index is 1.78. The molecule has 0 aliphatic carbocycles. The van der Waals surface area contributed by atoms with Gasteiger partial charge in [-0.05, 0) is 39.3 Å². The van der Waals surface area contributed by atoms with Gasteiger partial charge in [0.25, 0.3) is 0 Å². The molecule has 2 heterocycles. The fourth-order valence-electron chi connectivity index (χ4n) is 2.77.